The number of hydrogen-bond donors (Lipinski definition) is 6. The van der Waals surface area contributed by atoms with E-state index in [1.807, 2.05) is 13.8 Å². The van der Waals surface area contributed by atoms with Gasteiger partial charge in [0.25, 0.3) is 0 Å². The molecule has 0 radical (unpaired) electrons. The van der Waals surface area contributed by atoms with Crippen molar-refractivity contribution in [3.8, 4) is 0 Å². The molecule has 21 heteroatoms. The average Bonchev–Trinajstić information content (AvgIpc) is 4.11. The van der Waals surface area contributed by atoms with Gasteiger partial charge >= 0.3 is 25.7 Å². The summed E-state index contributed by atoms with van der Waals surface area (Å²) in [5.74, 6) is -2.60. The third-order valence-corrected chi connectivity index (χ3v) is 15.4. The zero-order chi connectivity index (χ0) is 41.7. The van der Waals surface area contributed by atoms with Crippen LogP contribution in [0, 0.1) is 17.3 Å². The highest BCUT2D eigenvalue weighted by atomic mass is 31.2. The van der Waals surface area contributed by atoms with Gasteiger partial charge in [-0.2, -0.15) is 0 Å². The lowest BCUT2D eigenvalue weighted by Gasteiger charge is -2.53. The number of epoxide rings is 3. The van der Waals surface area contributed by atoms with E-state index in [0.717, 1.165) is 11.1 Å². The van der Waals surface area contributed by atoms with Crippen LogP contribution >= 0.6 is 7.75 Å². The second-order valence-corrected chi connectivity index (χ2v) is 18.9. The van der Waals surface area contributed by atoms with Crippen molar-refractivity contribution >= 4 is 31.6 Å². The van der Waals surface area contributed by atoms with Crippen molar-refractivity contribution in [2.24, 2.45) is 23.0 Å². The molecule has 0 aromatic heterocycles. The van der Waals surface area contributed by atoms with Gasteiger partial charge in [-0.1, -0.05) is 20.8 Å². The molecular weight excluding hydrogens is 791 g/mol. The maximum atomic E-state index is 14.2. The van der Waals surface area contributed by atoms with Gasteiger partial charge in [0.1, 0.15) is 60.5 Å². The van der Waals surface area contributed by atoms with Crippen LogP contribution in [0.3, 0.4) is 0 Å². The normalized spacial score (nSPS) is 44.3. The van der Waals surface area contributed by atoms with Crippen LogP contribution in [0.25, 0.3) is 0 Å². The van der Waals surface area contributed by atoms with E-state index in [-0.39, 0.29) is 81.6 Å². The van der Waals surface area contributed by atoms with Gasteiger partial charge in [0.15, 0.2) is 18.0 Å². The van der Waals surface area contributed by atoms with Crippen LogP contribution in [0.2, 0.25) is 0 Å². The van der Waals surface area contributed by atoms with Crippen molar-refractivity contribution < 1.29 is 86.4 Å². The van der Waals surface area contributed by atoms with E-state index in [9.17, 15) is 44.2 Å². The molecule has 2 saturated carbocycles. The Morgan fingerprint density at radius 3 is 2.50 bits per heavy atom. The number of aliphatic hydroxyl groups is 4. The number of nitrogens with one attached hydrogen (secondary N) is 1. The Kier molecular flexibility index (Phi) is 10.7. The molecule has 0 bridgehead atoms. The molecular formula is C37H53N2O18P. The first-order valence-electron chi connectivity index (χ1n) is 20.0. The summed E-state index contributed by atoms with van der Waals surface area (Å²) in [6.07, 6.45) is -9.58. The number of ether oxygens (including phenoxy) is 7. The molecule has 6 fully saturated rings. The van der Waals surface area contributed by atoms with Gasteiger partial charge < -0.3 is 59.3 Å². The highest BCUT2D eigenvalue weighted by Crippen LogP contribution is 2.83. The minimum atomic E-state index is -4.61. The Morgan fingerprint density at radius 1 is 1.03 bits per heavy atom. The molecule has 8 aliphatic rings. The predicted octanol–water partition coefficient (Wildman–Crippen LogP) is -0.838. The van der Waals surface area contributed by atoms with E-state index in [0.29, 0.717) is 19.3 Å². The number of carbonyl (C=O) groups excluding carboxylic acids is 4. The minimum Gasteiger partial charge on any atom is -0.465 e. The highest BCUT2D eigenvalue weighted by Gasteiger charge is 3.01. The third-order valence-electron chi connectivity index (χ3n) is 13.8. The molecule has 16 atom stereocenters. The zero-order valence-corrected chi connectivity index (χ0v) is 33.6. The first-order chi connectivity index (χ1) is 27.4. The van der Waals surface area contributed by atoms with E-state index in [4.69, 9.17) is 47.9 Å². The summed E-state index contributed by atoms with van der Waals surface area (Å²) in [6, 6.07) is -1.42. The van der Waals surface area contributed by atoms with Crippen LogP contribution in [-0.4, -0.2) is 149 Å². The van der Waals surface area contributed by atoms with Gasteiger partial charge in [-0.3, -0.25) is 23.4 Å². The van der Waals surface area contributed by atoms with Crippen LogP contribution in [0.4, 0.5) is 0 Å². The Bertz CT molecular complexity index is 1800. The lowest BCUT2D eigenvalue weighted by molar-refractivity contribution is -0.285. The first kappa shape index (κ1) is 42.1. The Hall–Kier alpha value is -2.59. The highest BCUT2D eigenvalue weighted by molar-refractivity contribution is 7.51. The van der Waals surface area contributed by atoms with Crippen LogP contribution in [0.1, 0.15) is 72.6 Å². The second kappa shape index (κ2) is 14.8. The summed E-state index contributed by atoms with van der Waals surface area (Å²) >= 11 is 0. The van der Waals surface area contributed by atoms with Crippen molar-refractivity contribution in [1.82, 2.24) is 5.09 Å². The van der Waals surface area contributed by atoms with E-state index in [1.54, 1.807) is 6.92 Å². The number of cyclic esters (lactones) is 1. The zero-order valence-electron chi connectivity index (χ0n) is 32.7. The minimum absolute atomic E-state index is 0.00691. The standard InChI is InChI=1S/C37H53N2O18P/c1-5-49-31(46)20(8-9-23(38)40)39-58(48,52-15-21-25(42)26(43)27(44)32(47)53-21)51-12-6-7-24(41)54-33-35(16(2)3)28(56-35)29-37(57-29)34(4)11-10-17-18(14-50-30(17)45)19(34)13-22-36(33,37)55-22/h16,19-22,25-29,32-33,42-44,47H,5-15H2,1-4H3,(H2,38,40)(H,39,48)/t19?,20?,21-,22+,25-,26+,27+,28+,29+,32?,33-,34+,35+,36-,37-,58?/m1/s1. The molecule has 58 heavy (non-hydrogen) atoms. The lowest BCUT2D eigenvalue weighted by atomic mass is 9.46. The average molecular weight is 845 g/mol. The van der Waals surface area contributed by atoms with E-state index < -0.39 is 97.3 Å². The molecule has 0 aromatic rings. The van der Waals surface area contributed by atoms with Gasteiger partial charge in [0, 0.05) is 23.8 Å². The Labute approximate surface area is 333 Å². The topological polar surface area (TPSA) is 297 Å². The molecule has 4 saturated heterocycles. The van der Waals surface area contributed by atoms with Crippen LogP contribution in [0.5, 0.6) is 0 Å². The molecule has 1 amide bonds. The van der Waals surface area contributed by atoms with E-state index in [2.05, 4.69) is 12.0 Å². The molecule has 4 unspecified atom stereocenters. The number of nitrogens with two attached hydrogens (primary N) is 1. The summed E-state index contributed by atoms with van der Waals surface area (Å²) in [6.45, 7) is 6.76. The van der Waals surface area contributed by atoms with Crippen LogP contribution in [0.15, 0.2) is 11.1 Å². The number of fused-ring (bicyclic) bond motifs is 4. The maximum Gasteiger partial charge on any atom is 0.406 e. The predicted molar refractivity (Wildman–Crippen MR) is 191 cm³/mol. The molecule has 20 nitrogen and oxygen atoms in total. The summed E-state index contributed by atoms with van der Waals surface area (Å²) in [5.41, 5.74) is 3.99. The molecule has 8 rings (SSSR count). The molecule has 324 valence electrons. The van der Waals surface area contributed by atoms with Crippen molar-refractivity contribution in [2.45, 2.75) is 151 Å². The number of aliphatic hydroxyl groups excluding tert-OH is 4. The molecule has 3 aliphatic carbocycles. The molecule has 2 spiro atoms. The number of primary amides is 1. The molecule has 5 heterocycles. The Morgan fingerprint density at radius 2 is 1.79 bits per heavy atom. The second-order valence-electron chi connectivity index (χ2n) is 17.1. The third kappa shape index (κ3) is 6.32. The van der Waals surface area contributed by atoms with Crippen molar-refractivity contribution in [3.05, 3.63) is 11.1 Å². The van der Waals surface area contributed by atoms with Gasteiger partial charge in [-0.05, 0) is 56.4 Å². The van der Waals surface area contributed by atoms with Crippen molar-refractivity contribution in [1.29, 1.82) is 0 Å². The van der Waals surface area contributed by atoms with Gasteiger partial charge in [-0.15, -0.1) is 0 Å². The van der Waals surface area contributed by atoms with Crippen LogP contribution < -0.4 is 10.8 Å². The quantitative estimate of drug-likeness (QED) is 0.0342. The van der Waals surface area contributed by atoms with Gasteiger partial charge in [-0.25, -0.2) is 14.4 Å². The number of amides is 1. The number of carbonyl (C=O) groups is 4. The summed E-state index contributed by atoms with van der Waals surface area (Å²) < 4.78 is 67.2. The number of rotatable bonds is 17. The summed E-state index contributed by atoms with van der Waals surface area (Å²) in [7, 11) is -4.61. The number of hydrogen-bond acceptors (Lipinski definition) is 18. The van der Waals surface area contributed by atoms with Gasteiger partial charge in [0.05, 0.1) is 25.9 Å². The maximum absolute atomic E-state index is 14.2. The fourth-order valence-electron chi connectivity index (χ4n) is 10.7. The summed E-state index contributed by atoms with van der Waals surface area (Å²) in [4.78, 5) is 50.7. The van der Waals surface area contributed by atoms with Gasteiger partial charge in [0.2, 0.25) is 5.91 Å². The van der Waals surface area contributed by atoms with Crippen LogP contribution in [-0.2, 0) is 65.9 Å². The fourth-order valence-corrected chi connectivity index (χ4v) is 12.3. The lowest BCUT2D eigenvalue weighted by Crippen LogP contribution is -2.70. The molecule has 0 aromatic carbocycles. The smallest absolute Gasteiger partial charge is 0.406 e. The van der Waals surface area contributed by atoms with Crippen molar-refractivity contribution in [2.75, 3.05) is 26.4 Å². The first-order valence-corrected chi connectivity index (χ1v) is 21.6. The monoisotopic (exact) mass is 844 g/mol. The number of esters is 3. The molecule has 7 N–H and O–H groups in total. The summed E-state index contributed by atoms with van der Waals surface area (Å²) in [5, 5.41) is 42.8. The largest absolute Gasteiger partial charge is 0.465 e. The Balaban J connectivity index is 0.956. The van der Waals surface area contributed by atoms with E-state index >= 15 is 0 Å². The SMILES string of the molecule is CCOC(=O)C(CCC(N)=O)NP(=O)(OCCCC(=O)O[C@@H]1[C@@]2(C(C)C)O[C@H]2[C@@H]2O[C@]23[C@]12O[C@H]2CC1C2=C(CC[C@@]13C)C(=O)OC2)OC[C@H]1OC(O)[C@@H](O)[C@@H](O)[C@@H]1O. The fraction of sp³-hybridized carbons (Fsp3) is 0.838. The van der Waals surface area contributed by atoms with E-state index in [1.165, 1.54) is 0 Å². The van der Waals surface area contributed by atoms with Crippen molar-refractivity contribution in [3.63, 3.8) is 0 Å². The molecule has 5 aliphatic heterocycles.